The van der Waals surface area contributed by atoms with E-state index in [9.17, 15) is 14.7 Å². The van der Waals surface area contributed by atoms with Gasteiger partial charge in [-0.25, -0.2) is 9.78 Å². The van der Waals surface area contributed by atoms with Crippen molar-refractivity contribution in [2.24, 2.45) is 0 Å². The SMILES string of the molecule is COC(=O)Nc1nc2ccc(C3(O)c4ccccc4C(=O)N3[C@@H](C)c3ccccc3)cc2[nH]1. The summed E-state index contributed by atoms with van der Waals surface area (Å²) in [5, 5.41) is 14.7. The van der Waals surface area contributed by atoms with E-state index < -0.39 is 17.9 Å². The molecule has 8 heteroatoms. The summed E-state index contributed by atoms with van der Waals surface area (Å²) >= 11 is 0. The molecule has 0 saturated heterocycles. The fourth-order valence-corrected chi connectivity index (χ4v) is 4.44. The summed E-state index contributed by atoms with van der Waals surface area (Å²) in [6.07, 6.45) is -0.647. The number of hydrogen-bond acceptors (Lipinski definition) is 5. The first-order valence-corrected chi connectivity index (χ1v) is 10.5. The van der Waals surface area contributed by atoms with E-state index in [1.807, 2.05) is 37.3 Å². The first kappa shape index (κ1) is 20.7. The smallest absolute Gasteiger partial charge is 0.413 e. The van der Waals surface area contributed by atoms with Crippen molar-refractivity contribution in [3.63, 3.8) is 0 Å². The number of amides is 2. The number of ether oxygens (including phenoxy) is 1. The van der Waals surface area contributed by atoms with Crippen LogP contribution in [-0.4, -0.2) is 39.1 Å². The van der Waals surface area contributed by atoms with Crippen LogP contribution in [0.15, 0.2) is 72.8 Å². The summed E-state index contributed by atoms with van der Waals surface area (Å²) in [5.41, 5.74) is 1.88. The van der Waals surface area contributed by atoms with Gasteiger partial charge in [-0.2, -0.15) is 0 Å². The third-order valence-electron chi connectivity index (χ3n) is 6.06. The lowest BCUT2D eigenvalue weighted by Gasteiger charge is -2.39. The van der Waals surface area contributed by atoms with Gasteiger partial charge >= 0.3 is 6.09 Å². The lowest BCUT2D eigenvalue weighted by atomic mass is 9.92. The van der Waals surface area contributed by atoms with Gasteiger partial charge < -0.3 is 14.8 Å². The zero-order valence-electron chi connectivity index (χ0n) is 18.1. The van der Waals surface area contributed by atoms with Gasteiger partial charge in [-0.3, -0.25) is 15.0 Å². The van der Waals surface area contributed by atoms with Crippen molar-refractivity contribution in [3.8, 4) is 0 Å². The Morgan fingerprint density at radius 3 is 2.61 bits per heavy atom. The molecule has 5 rings (SSSR count). The highest BCUT2D eigenvalue weighted by molar-refractivity contribution is 6.01. The molecule has 1 unspecified atom stereocenters. The molecule has 2 atom stereocenters. The Labute approximate surface area is 189 Å². The number of hydrogen-bond donors (Lipinski definition) is 3. The lowest BCUT2D eigenvalue weighted by Crippen LogP contribution is -2.46. The van der Waals surface area contributed by atoms with E-state index in [1.54, 1.807) is 42.5 Å². The molecule has 0 spiro atoms. The number of benzene rings is 3. The highest BCUT2D eigenvalue weighted by atomic mass is 16.5. The van der Waals surface area contributed by atoms with E-state index in [0.29, 0.717) is 27.7 Å². The van der Waals surface area contributed by atoms with Crippen molar-refractivity contribution in [3.05, 3.63) is 95.1 Å². The maximum absolute atomic E-state index is 13.5. The van der Waals surface area contributed by atoms with Crippen LogP contribution in [0.1, 0.15) is 40.0 Å². The van der Waals surface area contributed by atoms with Gasteiger partial charge in [-0.05, 0) is 30.7 Å². The van der Waals surface area contributed by atoms with Crippen LogP contribution in [0.2, 0.25) is 0 Å². The van der Waals surface area contributed by atoms with Crippen molar-refractivity contribution in [1.82, 2.24) is 14.9 Å². The highest BCUT2D eigenvalue weighted by Crippen LogP contribution is 2.47. The number of aromatic amines is 1. The van der Waals surface area contributed by atoms with E-state index in [-0.39, 0.29) is 11.9 Å². The van der Waals surface area contributed by atoms with Crippen LogP contribution in [0.5, 0.6) is 0 Å². The Kier molecular flexibility index (Phi) is 4.87. The molecule has 1 aliphatic rings. The second-order valence-electron chi connectivity index (χ2n) is 7.91. The maximum Gasteiger partial charge on any atom is 0.413 e. The Morgan fingerprint density at radius 1 is 1.12 bits per heavy atom. The second kappa shape index (κ2) is 7.75. The van der Waals surface area contributed by atoms with E-state index >= 15 is 0 Å². The molecule has 0 radical (unpaired) electrons. The molecule has 4 aromatic rings. The molecule has 2 heterocycles. The normalized spacial score (nSPS) is 18.3. The summed E-state index contributed by atoms with van der Waals surface area (Å²) in [7, 11) is 1.27. The topological polar surface area (TPSA) is 108 Å². The van der Waals surface area contributed by atoms with Crippen molar-refractivity contribution in [1.29, 1.82) is 0 Å². The summed E-state index contributed by atoms with van der Waals surface area (Å²) in [4.78, 5) is 33.9. The molecule has 3 aromatic carbocycles. The number of anilines is 1. The Morgan fingerprint density at radius 2 is 1.85 bits per heavy atom. The molecular weight excluding hydrogens is 420 g/mol. The molecule has 2 amide bonds. The predicted octanol–water partition coefficient (Wildman–Crippen LogP) is 4.15. The number of imidazole rings is 1. The van der Waals surface area contributed by atoms with Crippen molar-refractivity contribution < 1.29 is 19.4 Å². The number of aromatic nitrogens is 2. The second-order valence-corrected chi connectivity index (χ2v) is 7.91. The molecule has 0 bridgehead atoms. The molecule has 1 aromatic heterocycles. The molecule has 0 saturated carbocycles. The Hall–Kier alpha value is -4.17. The minimum atomic E-state index is -1.70. The molecule has 166 valence electrons. The first-order chi connectivity index (χ1) is 15.9. The van der Waals surface area contributed by atoms with Crippen molar-refractivity contribution in [2.75, 3.05) is 12.4 Å². The largest absolute Gasteiger partial charge is 0.453 e. The summed E-state index contributed by atoms with van der Waals surface area (Å²) in [6, 6.07) is 21.5. The van der Waals surface area contributed by atoms with Crippen molar-refractivity contribution >= 4 is 29.0 Å². The highest BCUT2D eigenvalue weighted by Gasteiger charge is 2.51. The summed E-state index contributed by atoms with van der Waals surface area (Å²) in [6.45, 7) is 1.90. The number of nitrogens with zero attached hydrogens (tertiary/aromatic N) is 2. The minimum absolute atomic E-state index is 0.221. The number of H-pyrrole nitrogens is 1. The number of rotatable bonds is 4. The minimum Gasteiger partial charge on any atom is -0.453 e. The van der Waals surface area contributed by atoms with Gasteiger partial charge in [-0.1, -0.05) is 54.6 Å². The number of nitrogens with one attached hydrogen (secondary N) is 2. The molecule has 1 aliphatic heterocycles. The van der Waals surface area contributed by atoms with E-state index in [4.69, 9.17) is 0 Å². The standard InChI is InChI=1S/C25H22N4O4/c1-15(16-8-4-3-5-9-16)29-22(30)18-10-6-7-11-19(18)25(29,32)17-12-13-20-21(14-17)27-23(26-20)28-24(31)33-2/h3-15,32H,1-2H3,(H2,26,27,28,31)/t15-,25?/m0/s1. The van der Waals surface area contributed by atoms with E-state index in [1.165, 1.54) is 12.0 Å². The lowest BCUT2D eigenvalue weighted by molar-refractivity contribution is -0.0676. The van der Waals surface area contributed by atoms with Gasteiger partial charge in [0.2, 0.25) is 5.95 Å². The van der Waals surface area contributed by atoms with Gasteiger partial charge in [0, 0.05) is 16.7 Å². The third-order valence-corrected chi connectivity index (χ3v) is 6.06. The number of methoxy groups -OCH3 is 1. The third kappa shape index (κ3) is 3.23. The van der Waals surface area contributed by atoms with Gasteiger partial charge in [0.05, 0.1) is 24.2 Å². The number of aliphatic hydroxyl groups is 1. The molecule has 0 aliphatic carbocycles. The fourth-order valence-electron chi connectivity index (χ4n) is 4.44. The van der Waals surface area contributed by atoms with Crippen LogP contribution in [-0.2, 0) is 10.5 Å². The number of fused-ring (bicyclic) bond motifs is 2. The number of carbonyl (C=O) groups is 2. The molecule has 0 fully saturated rings. The quantitative estimate of drug-likeness (QED) is 0.440. The predicted molar refractivity (Wildman–Crippen MR) is 123 cm³/mol. The van der Waals surface area contributed by atoms with Gasteiger partial charge in [0.25, 0.3) is 5.91 Å². The fraction of sp³-hybridized carbons (Fsp3) is 0.160. The van der Waals surface area contributed by atoms with Crippen LogP contribution in [0.4, 0.5) is 10.7 Å². The monoisotopic (exact) mass is 442 g/mol. The van der Waals surface area contributed by atoms with Crippen LogP contribution in [0.25, 0.3) is 11.0 Å². The Balaban J connectivity index is 1.65. The van der Waals surface area contributed by atoms with Crippen LogP contribution in [0.3, 0.4) is 0 Å². The van der Waals surface area contributed by atoms with Crippen LogP contribution in [0, 0.1) is 0 Å². The average molecular weight is 442 g/mol. The average Bonchev–Trinajstić information content (AvgIpc) is 3.35. The summed E-state index contributed by atoms with van der Waals surface area (Å²) < 4.78 is 4.61. The molecule has 33 heavy (non-hydrogen) atoms. The maximum atomic E-state index is 13.5. The first-order valence-electron chi connectivity index (χ1n) is 10.5. The summed E-state index contributed by atoms with van der Waals surface area (Å²) in [5.74, 6) is -0.0272. The van der Waals surface area contributed by atoms with E-state index in [2.05, 4.69) is 20.0 Å². The van der Waals surface area contributed by atoms with Crippen LogP contribution < -0.4 is 5.32 Å². The van der Waals surface area contributed by atoms with E-state index in [0.717, 1.165) is 5.56 Å². The molecule has 3 N–H and O–H groups in total. The zero-order valence-corrected chi connectivity index (χ0v) is 18.1. The molecule has 8 nitrogen and oxygen atoms in total. The van der Waals surface area contributed by atoms with Crippen LogP contribution >= 0.6 is 0 Å². The molecular formula is C25H22N4O4. The van der Waals surface area contributed by atoms with Gasteiger partial charge in [0.15, 0.2) is 5.72 Å². The van der Waals surface area contributed by atoms with Crippen molar-refractivity contribution in [2.45, 2.75) is 18.7 Å². The zero-order chi connectivity index (χ0) is 23.2. The number of carbonyl (C=O) groups excluding carboxylic acids is 2. The van der Waals surface area contributed by atoms with Gasteiger partial charge in [0.1, 0.15) is 0 Å². The Bertz CT molecular complexity index is 1370. The van der Waals surface area contributed by atoms with Gasteiger partial charge in [-0.15, -0.1) is 0 Å².